The first-order valence-corrected chi connectivity index (χ1v) is 7.90. The van der Waals surface area contributed by atoms with Crippen molar-refractivity contribution in [2.24, 2.45) is 5.92 Å². The zero-order valence-corrected chi connectivity index (χ0v) is 12.9. The lowest BCUT2D eigenvalue weighted by atomic mass is 9.87. The van der Waals surface area contributed by atoms with Crippen LogP contribution in [0.25, 0.3) is 0 Å². The maximum absolute atomic E-state index is 12.8. The summed E-state index contributed by atoms with van der Waals surface area (Å²) in [5.74, 6) is 0.602. The first kappa shape index (κ1) is 16.1. The molecule has 1 unspecified atom stereocenters. The number of aromatic nitrogens is 2. The average molecular weight is 321 g/mol. The van der Waals surface area contributed by atoms with Crippen LogP contribution in [0.15, 0.2) is 42.7 Å². The van der Waals surface area contributed by atoms with Gasteiger partial charge in [-0.2, -0.15) is 8.78 Å². The molecular weight excluding hydrogens is 300 g/mol. The Morgan fingerprint density at radius 3 is 2.52 bits per heavy atom. The standard InChI is InChI=1S/C17H21F2N3O/c18-17(19)22-11-8-20-15(22)12-21-9-6-14(7-10-21)16(23)13-4-2-1-3-5-13/h1-5,8,11,14,16-17,23H,6-7,9-10,12H2. The van der Waals surface area contributed by atoms with Crippen LogP contribution in [0.4, 0.5) is 8.78 Å². The second kappa shape index (κ2) is 7.19. The first-order chi connectivity index (χ1) is 11.1. The monoisotopic (exact) mass is 321 g/mol. The summed E-state index contributed by atoms with van der Waals surface area (Å²) in [5, 5.41) is 10.5. The van der Waals surface area contributed by atoms with Gasteiger partial charge >= 0.3 is 6.55 Å². The third kappa shape index (κ3) is 3.76. The maximum Gasteiger partial charge on any atom is 0.319 e. The predicted molar refractivity (Wildman–Crippen MR) is 82.9 cm³/mol. The van der Waals surface area contributed by atoms with Crippen LogP contribution >= 0.6 is 0 Å². The Morgan fingerprint density at radius 2 is 1.87 bits per heavy atom. The Kier molecular flexibility index (Phi) is 5.03. The number of hydrogen-bond donors (Lipinski definition) is 1. The molecule has 0 amide bonds. The smallest absolute Gasteiger partial charge is 0.319 e. The number of aliphatic hydroxyl groups excluding tert-OH is 1. The Morgan fingerprint density at radius 1 is 1.17 bits per heavy atom. The van der Waals surface area contributed by atoms with Gasteiger partial charge in [0.2, 0.25) is 0 Å². The van der Waals surface area contributed by atoms with E-state index >= 15 is 0 Å². The molecule has 3 rings (SSSR count). The van der Waals surface area contributed by atoms with Crippen LogP contribution in [-0.4, -0.2) is 32.6 Å². The van der Waals surface area contributed by atoms with Gasteiger partial charge in [-0.1, -0.05) is 30.3 Å². The van der Waals surface area contributed by atoms with E-state index in [0.717, 1.165) is 36.1 Å². The molecule has 1 fully saturated rings. The normalized spacial score (nSPS) is 18.4. The zero-order chi connectivity index (χ0) is 16.2. The Labute approximate surface area is 134 Å². The van der Waals surface area contributed by atoms with Crippen LogP contribution in [-0.2, 0) is 6.54 Å². The molecule has 1 aromatic carbocycles. The molecule has 0 bridgehead atoms. The molecule has 124 valence electrons. The lowest BCUT2D eigenvalue weighted by molar-refractivity contribution is 0.0477. The Hall–Kier alpha value is -1.79. The highest BCUT2D eigenvalue weighted by atomic mass is 19.3. The van der Waals surface area contributed by atoms with Crippen LogP contribution in [0.5, 0.6) is 0 Å². The molecule has 0 aliphatic carbocycles. The van der Waals surface area contributed by atoms with Crippen molar-refractivity contribution in [2.45, 2.75) is 32.0 Å². The summed E-state index contributed by atoms with van der Waals surface area (Å²) in [4.78, 5) is 6.15. The van der Waals surface area contributed by atoms with Gasteiger partial charge in [0.05, 0.1) is 12.6 Å². The Bertz CT molecular complexity index is 609. The minimum atomic E-state index is -2.55. The van der Waals surface area contributed by atoms with Crippen LogP contribution in [0.3, 0.4) is 0 Å². The lowest BCUT2D eigenvalue weighted by Crippen LogP contribution is -2.36. The number of alkyl halides is 2. The van der Waals surface area contributed by atoms with Gasteiger partial charge < -0.3 is 5.11 Å². The second-order valence-electron chi connectivity index (χ2n) is 6.00. The summed E-state index contributed by atoms with van der Waals surface area (Å²) in [6, 6.07) is 9.67. The minimum absolute atomic E-state index is 0.212. The van der Waals surface area contributed by atoms with Gasteiger partial charge in [0, 0.05) is 12.4 Å². The fourth-order valence-electron chi connectivity index (χ4n) is 3.19. The number of imidazole rings is 1. The molecule has 6 heteroatoms. The van der Waals surface area contributed by atoms with E-state index in [1.807, 2.05) is 30.3 Å². The molecule has 0 radical (unpaired) electrons. The second-order valence-corrected chi connectivity index (χ2v) is 6.00. The van der Waals surface area contributed by atoms with Crippen molar-refractivity contribution in [1.29, 1.82) is 0 Å². The fraction of sp³-hybridized carbons (Fsp3) is 0.471. The predicted octanol–water partition coefficient (Wildman–Crippen LogP) is 3.22. The zero-order valence-electron chi connectivity index (χ0n) is 12.9. The molecule has 0 saturated carbocycles. The van der Waals surface area contributed by atoms with Crippen molar-refractivity contribution in [3.63, 3.8) is 0 Å². The highest BCUT2D eigenvalue weighted by molar-refractivity contribution is 5.18. The van der Waals surface area contributed by atoms with Crippen molar-refractivity contribution in [3.05, 3.63) is 54.1 Å². The number of hydrogen-bond acceptors (Lipinski definition) is 3. The summed E-state index contributed by atoms with van der Waals surface area (Å²) >= 11 is 0. The van der Waals surface area contributed by atoms with Crippen molar-refractivity contribution in [2.75, 3.05) is 13.1 Å². The topological polar surface area (TPSA) is 41.3 Å². The van der Waals surface area contributed by atoms with Crippen LogP contribution in [0.2, 0.25) is 0 Å². The van der Waals surface area contributed by atoms with Gasteiger partial charge in [-0.05, 0) is 37.4 Å². The van der Waals surface area contributed by atoms with Crippen molar-refractivity contribution in [1.82, 2.24) is 14.5 Å². The van der Waals surface area contributed by atoms with Crippen molar-refractivity contribution in [3.8, 4) is 0 Å². The summed E-state index contributed by atoms with van der Waals surface area (Å²) in [6.45, 7) is -0.564. The van der Waals surface area contributed by atoms with E-state index < -0.39 is 12.7 Å². The SMILES string of the molecule is OC(c1ccccc1)C1CCN(Cc2nccn2C(F)F)CC1. The number of likely N-dealkylation sites (tertiary alicyclic amines) is 1. The quantitative estimate of drug-likeness (QED) is 0.919. The van der Waals surface area contributed by atoms with Gasteiger partial charge in [-0.25, -0.2) is 4.98 Å². The molecule has 1 saturated heterocycles. The summed E-state index contributed by atoms with van der Waals surface area (Å²) in [7, 11) is 0. The fourth-order valence-corrected chi connectivity index (χ4v) is 3.19. The number of nitrogens with zero attached hydrogens (tertiary/aromatic N) is 3. The number of benzene rings is 1. The van der Waals surface area contributed by atoms with E-state index in [2.05, 4.69) is 9.88 Å². The van der Waals surface area contributed by atoms with Crippen LogP contribution < -0.4 is 0 Å². The number of rotatable bonds is 5. The third-order valence-electron chi connectivity index (χ3n) is 4.54. The van der Waals surface area contributed by atoms with Gasteiger partial charge in [-0.3, -0.25) is 9.47 Å². The largest absolute Gasteiger partial charge is 0.388 e. The van der Waals surface area contributed by atoms with Gasteiger partial charge in [0.25, 0.3) is 0 Å². The molecular formula is C17H21F2N3O. The highest BCUT2D eigenvalue weighted by Gasteiger charge is 2.27. The molecule has 23 heavy (non-hydrogen) atoms. The summed E-state index contributed by atoms with van der Waals surface area (Å²) in [6.07, 6.45) is 3.97. The molecule has 2 heterocycles. The molecule has 4 nitrogen and oxygen atoms in total. The van der Waals surface area contributed by atoms with E-state index in [9.17, 15) is 13.9 Å². The first-order valence-electron chi connectivity index (χ1n) is 7.90. The molecule has 1 aliphatic rings. The van der Waals surface area contributed by atoms with E-state index in [4.69, 9.17) is 0 Å². The lowest BCUT2D eigenvalue weighted by Gasteiger charge is -2.34. The van der Waals surface area contributed by atoms with Crippen LogP contribution in [0, 0.1) is 5.92 Å². The summed E-state index contributed by atoms with van der Waals surface area (Å²) in [5.41, 5.74) is 0.944. The Balaban J connectivity index is 1.55. The third-order valence-corrected chi connectivity index (χ3v) is 4.54. The van der Waals surface area contributed by atoms with E-state index in [0.29, 0.717) is 12.4 Å². The van der Waals surface area contributed by atoms with Crippen LogP contribution in [0.1, 0.15) is 36.9 Å². The number of aliphatic hydroxyl groups is 1. The average Bonchev–Trinajstić information content (AvgIpc) is 3.04. The van der Waals surface area contributed by atoms with Crippen molar-refractivity contribution < 1.29 is 13.9 Å². The molecule has 1 atom stereocenters. The molecule has 1 aliphatic heterocycles. The molecule has 1 N–H and O–H groups in total. The van der Waals surface area contributed by atoms with Gasteiger partial charge in [0.1, 0.15) is 5.82 Å². The minimum Gasteiger partial charge on any atom is -0.388 e. The molecule has 1 aromatic heterocycles. The maximum atomic E-state index is 12.8. The molecule has 0 spiro atoms. The highest BCUT2D eigenvalue weighted by Crippen LogP contribution is 2.31. The van der Waals surface area contributed by atoms with E-state index in [1.54, 1.807) is 0 Å². The number of piperidine rings is 1. The van der Waals surface area contributed by atoms with Gasteiger partial charge in [0.15, 0.2) is 0 Å². The van der Waals surface area contributed by atoms with Crippen molar-refractivity contribution >= 4 is 0 Å². The summed E-state index contributed by atoms with van der Waals surface area (Å²) < 4.78 is 26.6. The van der Waals surface area contributed by atoms with E-state index in [1.165, 1.54) is 12.4 Å². The van der Waals surface area contributed by atoms with Gasteiger partial charge in [-0.15, -0.1) is 0 Å². The number of halogens is 2. The van der Waals surface area contributed by atoms with E-state index in [-0.39, 0.29) is 5.92 Å². The molecule has 2 aromatic rings.